The zero-order chi connectivity index (χ0) is 10.3. The standard InChI is InChI=1S/C11H18N2O/c1-11(2,3)10(14)13-6-8-4-12-5-9(8)7-13/h12H,4-7H2,1-3H3. The van der Waals surface area contributed by atoms with E-state index in [1.165, 1.54) is 11.1 Å². The Balaban J connectivity index is 2.02. The average molecular weight is 194 g/mol. The second-order valence-corrected chi connectivity index (χ2v) is 5.22. The van der Waals surface area contributed by atoms with Gasteiger partial charge in [0.2, 0.25) is 5.91 Å². The highest BCUT2D eigenvalue weighted by Crippen LogP contribution is 2.25. The summed E-state index contributed by atoms with van der Waals surface area (Å²) in [6, 6.07) is 0. The van der Waals surface area contributed by atoms with Gasteiger partial charge in [-0.1, -0.05) is 20.8 Å². The van der Waals surface area contributed by atoms with Crippen LogP contribution in [0.3, 0.4) is 0 Å². The quantitative estimate of drug-likeness (QED) is 0.578. The molecule has 1 N–H and O–H groups in total. The lowest BCUT2D eigenvalue weighted by atomic mass is 9.95. The fourth-order valence-electron chi connectivity index (χ4n) is 2.08. The molecule has 0 atom stereocenters. The third kappa shape index (κ3) is 1.57. The van der Waals surface area contributed by atoms with E-state index in [1.807, 2.05) is 25.7 Å². The van der Waals surface area contributed by atoms with Crippen LogP contribution in [0, 0.1) is 5.41 Å². The molecule has 0 saturated carbocycles. The third-order valence-corrected chi connectivity index (χ3v) is 2.87. The maximum Gasteiger partial charge on any atom is 0.228 e. The van der Waals surface area contributed by atoms with Crippen molar-refractivity contribution >= 4 is 5.91 Å². The van der Waals surface area contributed by atoms with E-state index in [0.29, 0.717) is 0 Å². The molecule has 2 heterocycles. The van der Waals surface area contributed by atoms with Gasteiger partial charge in [0.05, 0.1) is 0 Å². The minimum Gasteiger partial charge on any atom is -0.334 e. The van der Waals surface area contributed by atoms with Crippen molar-refractivity contribution < 1.29 is 4.79 Å². The molecule has 0 fully saturated rings. The summed E-state index contributed by atoms with van der Waals surface area (Å²) in [5.74, 6) is 0.270. The van der Waals surface area contributed by atoms with Gasteiger partial charge in [-0.2, -0.15) is 0 Å². The molecule has 0 aromatic carbocycles. The number of hydrogen-bond acceptors (Lipinski definition) is 2. The molecule has 3 heteroatoms. The molecule has 0 saturated heterocycles. The van der Waals surface area contributed by atoms with E-state index in [1.54, 1.807) is 0 Å². The minimum atomic E-state index is -0.243. The van der Waals surface area contributed by atoms with Crippen LogP contribution in [-0.4, -0.2) is 37.0 Å². The van der Waals surface area contributed by atoms with Crippen LogP contribution in [0.25, 0.3) is 0 Å². The van der Waals surface area contributed by atoms with Crippen LogP contribution >= 0.6 is 0 Å². The molecule has 0 aliphatic carbocycles. The van der Waals surface area contributed by atoms with Gasteiger partial charge in [0.1, 0.15) is 0 Å². The van der Waals surface area contributed by atoms with Gasteiger partial charge in [-0.05, 0) is 11.1 Å². The first-order chi connectivity index (χ1) is 6.48. The Labute approximate surface area is 85.2 Å². The Morgan fingerprint density at radius 1 is 1.21 bits per heavy atom. The van der Waals surface area contributed by atoms with Crippen LogP contribution in [0.15, 0.2) is 11.1 Å². The van der Waals surface area contributed by atoms with Gasteiger partial charge in [-0.3, -0.25) is 4.79 Å². The van der Waals surface area contributed by atoms with E-state index in [2.05, 4.69) is 5.32 Å². The van der Waals surface area contributed by atoms with Crippen LogP contribution in [0.2, 0.25) is 0 Å². The predicted molar refractivity (Wildman–Crippen MR) is 55.9 cm³/mol. The number of carbonyl (C=O) groups excluding carboxylic acids is 1. The Bertz CT molecular complexity index is 283. The molecule has 0 aromatic rings. The van der Waals surface area contributed by atoms with E-state index in [4.69, 9.17) is 0 Å². The van der Waals surface area contributed by atoms with Crippen molar-refractivity contribution in [1.82, 2.24) is 10.2 Å². The SMILES string of the molecule is CC(C)(C)C(=O)N1CC2=C(CNC2)C1. The van der Waals surface area contributed by atoms with Crippen LogP contribution in [-0.2, 0) is 4.79 Å². The van der Waals surface area contributed by atoms with E-state index in [0.717, 1.165) is 26.2 Å². The van der Waals surface area contributed by atoms with Crippen molar-refractivity contribution in [2.75, 3.05) is 26.2 Å². The summed E-state index contributed by atoms with van der Waals surface area (Å²) >= 11 is 0. The second-order valence-electron chi connectivity index (χ2n) is 5.22. The Hall–Kier alpha value is -0.830. The van der Waals surface area contributed by atoms with Gasteiger partial charge in [-0.25, -0.2) is 0 Å². The normalized spacial score (nSPS) is 21.8. The topological polar surface area (TPSA) is 32.3 Å². The molecule has 0 bridgehead atoms. The molecule has 2 aliphatic heterocycles. The summed E-state index contributed by atoms with van der Waals surface area (Å²) in [7, 11) is 0. The molecule has 0 aromatic heterocycles. The summed E-state index contributed by atoms with van der Waals surface area (Å²) in [5, 5.41) is 3.31. The first-order valence-electron chi connectivity index (χ1n) is 5.18. The third-order valence-electron chi connectivity index (χ3n) is 2.87. The smallest absolute Gasteiger partial charge is 0.228 e. The van der Waals surface area contributed by atoms with Gasteiger partial charge in [0.25, 0.3) is 0 Å². The molecule has 2 aliphatic rings. The minimum absolute atomic E-state index is 0.243. The zero-order valence-electron chi connectivity index (χ0n) is 9.18. The number of nitrogens with one attached hydrogen (secondary N) is 1. The van der Waals surface area contributed by atoms with Gasteiger partial charge in [0, 0.05) is 31.6 Å². The molecule has 2 rings (SSSR count). The highest BCUT2D eigenvalue weighted by atomic mass is 16.2. The summed E-state index contributed by atoms with van der Waals surface area (Å²) in [4.78, 5) is 14.0. The van der Waals surface area contributed by atoms with Crippen LogP contribution in [0.5, 0.6) is 0 Å². The molecule has 1 amide bonds. The van der Waals surface area contributed by atoms with E-state index in [-0.39, 0.29) is 11.3 Å². The number of hydrogen-bond donors (Lipinski definition) is 1. The van der Waals surface area contributed by atoms with Gasteiger partial charge in [0.15, 0.2) is 0 Å². The number of nitrogens with zero attached hydrogens (tertiary/aromatic N) is 1. The van der Waals surface area contributed by atoms with Gasteiger partial charge in [-0.15, -0.1) is 0 Å². The highest BCUT2D eigenvalue weighted by molar-refractivity contribution is 5.82. The maximum absolute atomic E-state index is 12.0. The van der Waals surface area contributed by atoms with Crippen molar-refractivity contribution in [3.05, 3.63) is 11.1 Å². The first kappa shape index (κ1) is 9.71. The molecule has 78 valence electrons. The lowest BCUT2D eigenvalue weighted by molar-refractivity contribution is -0.138. The summed E-state index contributed by atoms with van der Waals surface area (Å²) in [6.45, 7) is 9.59. The van der Waals surface area contributed by atoms with Gasteiger partial charge < -0.3 is 10.2 Å². The predicted octanol–water partition coefficient (Wildman–Crippen LogP) is 0.774. The molecule has 0 unspecified atom stereocenters. The molecule has 0 radical (unpaired) electrons. The van der Waals surface area contributed by atoms with Gasteiger partial charge >= 0.3 is 0 Å². The van der Waals surface area contributed by atoms with Crippen molar-refractivity contribution in [3.8, 4) is 0 Å². The van der Waals surface area contributed by atoms with E-state index in [9.17, 15) is 4.79 Å². The van der Waals surface area contributed by atoms with E-state index >= 15 is 0 Å². The Morgan fingerprint density at radius 2 is 1.71 bits per heavy atom. The fraction of sp³-hybridized carbons (Fsp3) is 0.727. The van der Waals surface area contributed by atoms with Crippen molar-refractivity contribution in [3.63, 3.8) is 0 Å². The zero-order valence-corrected chi connectivity index (χ0v) is 9.18. The summed E-state index contributed by atoms with van der Waals surface area (Å²) in [5.41, 5.74) is 2.62. The van der Waals surface area contributed by atoms with Crippen molar-refractivity contribution in [1.29, 1.82) is 0 Å². The summed E-state index contributed by atoms with van der Waals surface area (Å²) in [6.07, 6.45) is 0. The lowest BCUT2D eigenvalue weighted by Gasteiger charge is -2.26. The van der Waals surface area contributed by atoms with E-state index < -0.39 is 0 Å². The number of carbonyl (C=O) groups is 1. The average Bonchev–Trinajstić information content (AvgIpc) is 2.58. The van der Waals surface area contributed by atoms with Crippen molar-refractivity contribution in [2.45, 2.75) is 20.8 Å². The second kappa shape index (κ2) is 3.09. The number of amides is 1. The van der Waals surface area contributed by atoms with Crippen LogP contribution < -0.4 is 5.32 Å². The number of rotatable bonds is 0. The first-order valence-corrected chi connectivity index (χ1v) is 5.18. The molecule has 14 heavy (non-hydrogen) atoms. The molecule has 3 nitrogen and oxygen atoms in total. The molecular weight excluding hydrogens is 176 g/mol. The highest BCUT2D eigenvalue weighted by Gasteiger charge is 2.33. The Kier molecular flexibility index (Phi) is 2.14. The van der Waals surface area contributed by atoms with Crippen LogP contribution in [0.4, 0.5) is 0 Å². The monoisotopic (exact) mass is 194 g/mol. The lowest BCUT2D eigenvalue weighted by Crippen LogP contribution is -2.39. The van der Waals surface area contributed by atoms with Crippen molar-refractivity contribution in [2.24, 2.45) is 5.41 Å². The molecule has 0 spiro atoms. The maximum atomic E-state index is 12.0. The van der Waals surface area contributed by atoms with Crippen LogP contribution in [0.1, 0.15) is 20.8 Å². The molecular formula is C11H18N2O. The summed E-state index contributed by atoms with van der Waals surface area (Å²) < 4.78 is 0. The Morgan fingerprint density at radius 3 is 2.14 bits per heavy atom. The largest absolute Gasteiger partial charge is 0.334 e. The fourth-order valence-corrected chi connectivity index (χ4v) is 2.08.